The van der Waals surface area contributed by atoms with E-state index in [9.17, 15) is 79.5 Å². The average molecular weight is 1410 g/mol. The zero-order valence-corrected chi connectivity index (χ0v) is 59.1. The summed E-state index contributed by atoms with van der Waals surface area (Å²) in [4.78, 5) is 90.6. The first-order valence-corrected chi connectivity index (χ1v) is 36.3. The molecule has 0 aromatic carbocycles. The summed E-state index contributed by atoms with van der Waals surface area (Å²) >= 11 is 0. The van der Waals surface area contributed by atoms with Gasteiger partial charge in [0.2, 0.25) is 11.8 Å². The summed E-state index contributed by atoms with van der Waals surface area (Å²) in [5.41, 5.74) is -1.03. The predicted octanol–water partition coefficient (Wildman–Crippen LogP) is 2.52. The van der Waals surface area contributed by atoms with Crippen molar-refractivity contribution in [3.05, 3.63) is 0 Å². The Morgan fingerprint density at radius 1 is 0.347 bits per heavy atom. The Balaban J connectivity index is 1.46. The third-order valence-corrected chi connectivity index (χ3v) is 18.4. The molecule has 0 aliphatic carbocycles. The first-order valence-electron chi connectivity index (χ1n) is 36.3. The lowest BCUT2D eigenvalue weighted by Gasteiger charge is -2.40. The van der Waals surface area contributed by atoms with Crippen LogP contribution in [0.1, 0.15) is 201 Å². The molecule has 0 saturated carbocycles. The Hall–Kier alpha value is -3.47. The summed E-state index contributed by atoms with van der Waals surface area (Å²) in [5, 5.41) is 98.2. The number of hydrogen-bond acceptors (Lipinski definition) is 26. The van der Waals surface area contributed by atoms with Gasteiger partial charge >= 0.3 is 0 Å². The first-order chi connectivity index (χ1) is 47.1. The summed E-state index contributed by atoms with van der Waals surface area (Å²) in [7, 11) is 1.87. The van der Waals surface area contributed by atoms with E-state index in [2.05, 4.69) is 16.0 Å². The van der Waals surface area contributed by atoms with Gasteiger partial charge in [-0.25, -0.2) is 0 Å². The van der Waals surface area contributed by atoms with Crippen LogP contribution in [-0.2, 0) is 76.2 Å². The fourth-order valence-electron chi connectivity index (χ4n) is 11.9. The largest absolute Gasteiger partial charge is 0.394 e. The van der Waals surface area contributed by atoms with E-state index in [0.717, 1.165) is 19.4 Å². The van der Waals surface area contributed by atoms with E-state index in [1.165, 1.54) is 0 Å². The molecule has 0 radical (unpaired) electrons. The number of Topliss-reactive ketones (excluding diaryl/α,β-unsaturated/α-hetero) is 5. The maximum absolute atomic E-state index is 13.8. The minimum Gasteiger partial charge on any atom is -0.394 e. The molecule has 15 atom stereocenters. The third kappa shape index (κ3) is 36.1. The number of carbonyl (C=O) groups excluding carboxylic acids is 7. The van der Waals surface area contributed by atoms with Gasteiger partial charge in [0.15, 0.2) is 18.9 Å². The molecular weight excluding hydrogens is 1280 g/mol. The smallest absolute Gasteiger partial charge is 0.222 e. The molecule has 98 heavy (non-hydrogen) atoms. The number of unbranched alkanes of at least 4 members (excludes halogenated alkanes) is 9. The van der Waals surface area contributed by atoms with Crippen LogP contribution < -0.4 is 16.0 Å². The molecular formula is C70H125N3O25. The topological polar surface area (TPSA) is 421 Å². The van der Waals surface area contributed by atoms with Crippen molar-refractivity contribution >= 4 is 40.7 Å². The molecule has 0 spiro atoms. The highest BCUT2D eigenvalue weighted by molar-refractivity contribution is 5.80. The second kappa shape index (κ2) is 52.5. The van der Waals surface area contributed by atoms with Crippen LogP contribution in [0.25, 0.3) is 0 Å². The quantitative estimate of drug-likeness (QED) is 0.0389. The van der Waals surface area contributed by atoms with Crippen molar-refractivity contribution in [3.63, 3.8) is 0 Å². The van der Waals surface area contributed by atoms with Crippen molar-refractivity contribution in [3.8, 4) is 0 Å². The summed E-state index contributed by atoms with van der Waals surface area (Å²) < 4.78 is 52.5. The zero-order valence-electron chi connectivity index (χ0n) is 59.1. The van der Waals surface area contributed by atoms with Crippen LogP contribution in [0.5, 0.6) is 0 Å². The molecule has 28 heteroatoms. The minimum atomic E-state index is -1.22. The van der Waals surface area contributed by atoms with E-state index >= 15 is 0 Å². The number of ketones is 5. The maximum atomic E-state index is 13.8. The molecule has 2 amide bonds. The van der Waals surface area contributed by atoms with Gasteiger partial charge in [0, 0.05) is 133 Å². The number of nitrogens with one attached hydrogen (secondary N) is 3. The number of ether oxygens (including phenoxy) is 9. The number of hydrogen-bond donors (Lipinski definition) is 12. The van der Waals surface area contributed by atoms with Gasteiger partial charge in [0.1, 0.15) is 65.5 Å². The predicted molar refractivity (Wildman–Crippen MR) is 358 cm³/mol. The summed E-state index contributed by atoms with van der Waals surface area (Å²) in [6.07, 6.45) is 0.971. The van der Waals surface area contributed by atoms with Crippen LogP contribution in [0.15, 0.2) is 0 Å². The van der Waals surface area contributed by atoms with Gasteiger partial charge in [-0.1, -0.05) is 40.0 Å². The third-order valence-electron chi connectivity index (χ3n) is 18.4. The van der Waals surface area contributed by atoms with Gasteiger partial charge in [-0.3, -0.25) is 33.6 Å². The van der Waals surface area contributed by atoms with Crippen molar-refractivity contribution in [1.29, 1.82) is 0 Å². The summed E-state index contributed by atoms with van der Waals surface area (Å²) in [5.74, 6) is -1.79. The molecule has 3 aliphatic rings. The molecule has 3 fully saturated rings. The average Bonchev–Trinajstić information content (AvgIpc) is 0.837. The van der Waals surface area contributed by atoms with Gasteiger partial charge in [-0.05, 0) is 97.1 Å². The fraction of sp³-hybridized carbons (Fsp3) is 0.900. The van der Waals surface area contributed by atoms with E-state index < -0.39 is 117 Å². The van der Waals surface area contributed by atoms with E-state index in [1.807, 2.05) is 7.05 Å². The zero-order chi connectivity index (χ0) is 72.1. The monoisotopic (exact) mass is 1410 g/mol. The van der Waals surface area contributed by atoms with E-state index in [-0.39, 0.29) is 132 Å². The van der Waals surface area contributed by atoms with Gasteiger partial charge in [-0.15, -0.1) is 0 Å². The summed E-state index contributed by atoms with van der Waals surface area (Å²) in [6.45, 7) is 6.06. The van der Waals surface area contributed by atoms with Crippen LogP contribution in [0, 0.1) is 23.2 Å². The van der Waals surface area contributed by atoms with E-state index in [4.69, 9.17) is 42.6 Å². The first kappa shape index (κ1) is 88.7. The van der Waals surface area contributed by atoms with E-state index in [1.54, 1.807) is 20.8 Å². The van der Waals surface area contributed by atoms with Crippen molar-refractivity contribution in [2.45, 2.75) is 274 Å². The molecule has 0 aromatic rings. The van der Waals surface area contributed by atoms with E-state index in [0.29, 0.717) is 148 Å². The maximum Gasteiger partial charge on any atom is 0.222 e. The highest BCUT2D eigenvalue weighted by atomic mass is 16.7. The van der Waals surface area contributed by atoms with Crippen LogP contribution in [0.3, 0.4) is 0 Å². The number of aliphatic hydroxyl groups is 9. The number of rotatable bonds is 60. The van der Waals surface area contributed by atoms with Crippen LogP contribution in [-0.4, -0.2) is 266 Å². The van der Waals surface area contributed by atoms with Crippen molar-refractivity contribution in [2.24, 2.45) is 23.2 Å². The number of carbonyl (C=O) groups is 7. The molecule has 0 aromatic heterocycles. The second-order valence-electron chi connectivity index (χ2n) is 27.0. The lowest BCUT2D eigenvalue weighted by Crippen LogP contribution is -2.55. The highest BCUT2D eigenvalue weighted by Gasteiger charge is 2.45. The van der Waals surface area contributed by atoms with Gasteiger partial charge in [0.25, 0.3) is 0 Å². The molecule has 28 nitrogen and oxygen atoms in total. The van der Waals surface area contributed by atoms with Gasteiger partial charge in [0.05, 0.1) is 77.8 Å². The van der Waals surface area contributed by atoms with Crippen LogP contribution in [0.2, 0.25) is 0 Å². The SMILES string of the molecule is CNCCCCCC(=O)CC(COCCC(=O)CCCCCC(=O)CCCCOC1OC(CO)C(O)C(O)C1C)(COCCC(=O)CCCCCC(=O)CCCCOC1OC(CO)C(O)C(O)C1C)COCCC(=O)NCCCNC(=O)CCCCOC1OC(CO)C(O)C(O)C1C. The standard InChI is InChI=1S/C70H125N3O25/c1-48-61(84)64(87)56(42-74)96-67(48)93-35-17-13-25-51(77)21-8-5-10-23-53(79)29-38-90-45-70(41-55(81)27-12-7-16-32-71-4,46-91-39-30-54(80)24-11-6-9-22-52(78)26-14-18-36-94-68-49(2)62(85)65(88)57(43-75)97-68)47-92-40-31-60(83)73-34-20-33-72-59(82)28-15-19-37-95-69-50(3)63(86)66(89)58(44-76)98-69/h48-50,56-58,61-69,71,74-76,84-89H,5-47H2,1-4H3,(H,72,82)(H,73,83). The number of aliphatic hydroxyl groups excluding tert-OH is 9. The van der Waals surface area contributed by atoms with Gasteiger partial charge in [-0.2, -0.15) is 0 Å². The molecule has 12 N–H and O–H groups in total. The number of amides is 2. The van der Waals surface area contributed by atoms with Crippen molar-refractivity contribution < 1.29 is 122 Å². The molecule has 3 aliphatic heterocycles. The lowest BCUT2D eigenvalue weighted by atomic mass is 9.84. The molecule has 3 heterocycles. The molecule has 570 valence electrons. The Morgan fingerprint density at radius 3 is 1.01 bits per heavy atom. The lowest BCUT2D eigenvalue weighted by molar-refractivity contribution is -0.282. The molecule has 15 unspecified atom stereocenters. The molecule has 3 rings (SSSR count). The van der Waals surface area contributed by atoms with Crippen molar-refractivity contribution in [2.75, 3.05) is 106 Å². The summed E-state index contributed by atoms with van der Waals surface area (Å²) in [6, 6.07) is 0. The van der Waals surface area contributed by atoms with Crippen LogP contribution >= 0.6 is 0 Å². The Bertz CT molecular complexity index is 1980. The molecule has 3 saturated heterocycles. The normalized spacial score (nSPS) is 26.4. The minimum absolute atomic E-state index is 0.000988. The Morgan fingerprint density at radius 2 is 0.653 bits per heavy atom. The second-order valence-corrected chi connectivity index (χ2v) is 27.0. The van der Waals surface area contributed by atoms with Gasteiger partial charge < -0.3 is 105 Å². The molecule has 0 bridgehead atoms. The van der Waals surface area contributed by atoms with Crippen LogP contribution in [0.4, 0.5) is 0 Å². The Kier molecular flexibility index (Phi) is 47.5. The van der Waals surface area contributed by atoms with Crippen molar-refractivity contribution in [1.82, 2.24) is 16.0 Å². The highest BCUT2D eigenvalue weighted by Crippen LogP contribution is 2.31. The fourth-order valence-corrected chi connectivity index (χ4v) is 11.9. The Labute approximate surface area is 580 Å².